The summed E-state index contributed by atoms with van der Waals surface area (Å²) in [6, 6.07) is 5.05. The van der Waals surface area contributed by atoms with Crippen molar-refractivity contribution in [1.82, 2.24) is 14.9 Å². The molecule has 1 amide bonds. The molecule has 0 radical (unpaired) electrons. The molecule has 42 heavy (non-hydrogen) atoms. The lowest BCUT2D eigenvalue weighted by molar-refractivity contribution is -0.138. The van der Waals surface area contributed by atoms with Gasteiger partial charge in [-0.25, -0.2) is 23.1 Å². The Morgan fingerprint density at radius 3 is 2.57 bits per heavy atom. The third kappa shape index (κ3) is 5.64. The fraction of sp³-hybridized carbons (Fsp3) is 0.516. The highest BCUT2D eigenvalue weighted by molar-refractivity contribution is 5.94. The van der Waals surface area contributed by atoms with Gasteiger partial charge in [0.2, 0.25) is 5.91 Å². The number of carbonyl (C=O) groups excluding carboxylic acids is 1. The van der Waals surface area contributed by atoms with Gasteiger partial charge in [0.1, 0.15) is 23.2 Å². The van der Waals surface area contributed by atoms with Gasteiger partial charge in [0.15, 0.2) is 0 Å². The molecule has 1 saturated carbocycles. The fourth-order valence-corrected chi connectivity index (χ4v) is 6.30. The summed E-state index contributed by atoms with van der Waals surface area (Å²) in [5.41, 5.74) is 0.271. The van der Waals surface area contributed by atoms with Gasteiger partial charge in [0.25, 0.3) is 6.43 Å². The lowest BCUT2D eigenvalue weighted by atomic mass is 9.74. The number of benzene rings is 2. The number of hydrogen-bond donors (Lipinski definition) is 3. The van der Waals surface area contributed by atoms with Crippen molar-refractivity contribution in [3.63, 3.8) is 0 Å². The Kier molecular flexibility index (Phi) is 8.35. The lowest BCUT2D eigenvalue weighted by Gasteiger charge is -2.38. The minimum Gasteiger partial charge on any atom is -0.492 e. The van der Waals surface area contributed by atoms with Crippen LogP contribution in [0.1, 0.15) is 80.1 Å². The number of nitrogens with one attached hydrogen (secondary N) is 1. The Balaban J connectivity index is 1.49. The Morgan fingerprint density at radius 2 is 1.90 bits per heavy atom. The smallest absolute Gasteiger partial charge is 0.266 e. The number of anilines is 1. The summed E-state index contributed by atoms with van der Waals surface area (Å²) in [5, 5.41) is 25.4. The number of likely N-dealkylation sites (N-methyl/N-ethyl adjacent to an activating group) is 1. The summed E-state index contributed by atoms with van der Waals surface area (Å²) in [5.74, 6) is 0.192. The zero-order valence-corrected chi connectivity index (χ0v) is 24.3. The number of aliphatic hydroxyl groups excluding tert-OH is 1. The van der Waals surface area contributed by atoms with Crippen LogP contribution in [0.25, 0.3) is 10.9 Å². The molecule has 2 aromatic carbocycles. The number of fused-ring (bicyclic) bond motifs is 3. The van der Waals surface area contributed by atoms with Crippen molar-refractivity contribution in [3.05, 3.63) is 58.2 Å². The maximum absolute atomic E-state index is 15.0. The van der Waals surface area contributed by atoms with Gasteiger partial charge in [-0.15, -0.1) is 0 Å². The summed E-state index contributed by atoms with van der Waals surface area (Å²) < 4.78 is 47.7. The van der Waals surface area contributed by atoms with E-state index in [2.05, 4.69) is 15.3 Å². The quantitative estimate of drug-likeness (QED) is 0.327. The maximum Gasteiger partial charge on any atom is 0.266 e. The van der Waals surface area contributed by atoms with Crippen molar-refractivity contribution < 1.29 is 32.9 Å². The zero-order valence-electron chi connectivity index (χ0n) is 24.3. The van der Waals surface area contributed by atoms with E-state index >= 15 is 0 Å². The van der Waals surface area contributed by atoms with Crippen molar-refractivity contribution in [2.75, 3.05) is 25.5 Å². The van der Waals surface area contributed by atoms with Crippen LogP contribution in [0.3, 0.4) is 0 Å². The van der Waals surface area contributed by atoms with Gasteiger partial charge in [-0.1, -0.05) is 18.2 Å². The van der Waals surface area contributed by atoms with Crippen LogP contribution in [-0.2, 0) is 16.8 Å². The Bertz CT molecular complexity index is 1490. The SMILES string of the molecule is Cc1nc(N[C@H](C)c2cccc(C(F)F)c2F)c2cc(C3(O)CCC(C(=O)N(C)CC(C)O)CC3)c3c(c2n1)CCO3. The van der Waals surface area contributed by atoms with E-state index in [1.165, 1.54) is 17.0 Å². The molecule has 11 heteroatoms. The van der Waals surface area contributed by atoms with Crippen LogP contribution >= 0.6 is 0 Å². The molecule has 1 aliphatic carbocycles. The van der Waals surface area contributed by atoms with Crippen molar-refractivity contribution in [1.29, 1.82) is 0 Å². The van der Waals surface area contributed by atoms with Gasteiger partial charge in [0, 0.05) is 48.0 Å². The molecule has 3 N–H and O–H groups in total. The van der Waals surface area contributed by atoms with Crippen molar-refractivity contribution in [3.8, 4) is 5.75 Å². The topological polar surface area (TPSA) is 108 Å². The number of hydrogen-bond acceptors (Lipinski definition) is 7. The van der Waals surface area contributed by atoms with Gasteiger partial charge < -0.3 is 25.2 Å². The summed E-state index contributed by atoms with van der Waals surface area (Å²) in [4.78, 5) is 23.7. The molecule has 3 aromatic rings. The first-order valence-electron chi connectivity index (χ1n) is 14.4. The summed E-state index contributed by atoms with van der Waals surface area (Å²) >= 11 is 0. The first kappa shape index (κ1) is 30.0. The fourth-order valence-electron chi connectivity index (χ4n) is 6.30. The Labute approximate surface area is 242 Å². The molecule has 5 rings (SSSR count). The molecule has 2 aliphatic rings. The van der Waals surface area contributed by atoms with E-state index in [1.54, 1.807) is 27.8 Å². The van der Waals surface area contributed by atoms with Crippen molar-refractivity contribution in [2.45, 2.75) is 77.0 Å². The van der Waals surface area contributed by atoms with E-state index in [9.17, 15) is 28.2 Å². The van der Waals surface area contributed by atoms with E-state index < -0.39 is 35.6 Å². The van der Waals surface area contributed by atoms with Gasteiger partial charge in [-0.3, -0.25) is 4.79 Å². The molecule has 0 saturated heterocycles. The number of aromatic nitrogens is 2. The molecule has 2 atom stereocenters. The van der Waals surface area contributed by atoms with Crippen LogP contribution in [0.15, 0.2) is 24.3 Å². The van der Waals surface area contributed by atoms with Crippen LogP contribution in [0, 0.1) is 18.7 Å². The monoisotopic (exact) mass is 586 g/mol. The molecule has 8 nitrogen and oxygen atoms in total. The van der Waals surface area contributed by atoms with E-state index in [-0.39, 0.29) is 23.9 Å². The second-order valence-electron chi connectivity index (χ2n) is 11.6. The standard InChI is InChI=1S/C31H37F3N4O4/c1-16(39)15-38(4)30(40)19-8-11-31(41,12-9-19)24-14-23-26(22-10-13-42-27(22)24)36-18(3)37-29(23)35-17(2)20-6-5-7-21(25(20)32)28(33)34/h5-7,14,16-17,19,28,39,41H,8-13,15H2,1-4H3,(H,35,36,37)/t16?,17-,19?,31?/m1/s1. The number of aliphatic hydroxyl groups is 2. The van der Waals surface area contributed by atoms with Crippen molar-refractivity contribution in [2.24, 2.45) is 5.92 Å². The number of nitrogens with zero attached hydrogens (tertiary/aromatic N) is 3. The van der Waals surface area contributed by atoms with Crippen LogP contribution in [0.2, 0.25) is 0 Å². The predicted octanol–water partition coefficient (Wildman–Crippen LogP) is 5.34. The van der Waals surface area contributed by atoms with Crippen LogP contribution in [0.4, 0.5) is 19.0 Å². The molecule has 2 heterocycles. The average molecular weight is 587 g/mol. The number of halogens is 3. The van der Waals surface area contributed by atoms with Gasteiger partial charge in [0.05, 0.1) is 35.4 Å². The normalized spacial score (nSPS) is 21.6. The van der Waals surface area contributed by atoms with Gasteiger partial charge in [-0.05, 0) is 52.5 Å². The first-order valence-corrected chi connectivity index (χ1v) is 14.4. The molecule has 226 valence electrons. The predicted molar refractivity (Wildman–Crippen MR) is 152 cm³/mol. The second kappa shape index (κ2) is 11.7. The minimum absolute atomic E-state index is 0.0505. The zero-order chi connectivity index (χ0) is 30.3. The molecule has 0 spiro atoms. The van der Waals surface area contributed by atoms with Crippen molar-refractivity contribution >= 4 is 22.6 Å². The third-order valence-corrected chi connectivity index (χ3v) is 8.44. The molecular weight excluding hydrogens is 549 g/mol. The van der Waals surface area contributed by atoms with Gasteiger partial charge >= 0.3 is 0 Å². The van der Waals surface area contributed by atoms with Crippen LogP contribution in [-0.4, -0.2) is 57.3 Å². The average Bonchev–Trinajstić information content (AvgIpc) is 3.42. The van der Waals surface area contributed by atoms with Crippen LogP contribution in [0.5, 0.6) is 5.75 Å². The summed E-state index contributed by atoms with van der Waals surface area (Å²) in [7, 11) is 1.67. The number of alkyl halides is 2. The van der Waals surface area contributed by atoms with Crippen LogP contribution < -0.4 is 10.1 Å². The summed E-state index contributed by atoms with van der Waals surface area (Å²) in [6.07, 6.45) is -1.36. The van der Waals surface area contributed by atoms with Gasteiger partial charge in [-0.2, -0.15) is 0 Å². The Hall–Kier alpha value is -3.44. The summed E-state index contributed by atoms with van der Waals surface area (Å²) in [6.45, 7) is 5.72. The molecule has 0 bridgehead atoms. The molecule has 1 aliphatic heterocycles. The lowest BCUT2D eigenvalue weighted by Crippen LogP contribution is -2.41. The highest BCUT2D eigenvalue weighted by atomic mass is 19.3. The number of amides is 1. The van der Waals surface area contributed by atoms with E-state index in [1.807, 2.05) is 6.07 Å². The molecular formula is C31H37F3N4O4. The highest BCUT2D eigenvalue weighted by Gasteiger charge is 2.41. The number of carbonyl (C=O) groups is 1. The van der Waals surface area contributed by atoms with E-state index in [0.717, 1.165) is 11.6 Å². The third-order valence-electron chi connectivity index (χ3n) is 8.44. The Morgan fingerprint density at radius 1 is 1.21 bits per heavy atom. The van der Waals surface area contributed by atoms with E-state index in [0.29, 0.717) is 72.6 Å². The number of rotatable bonds is 8. The first-order chi connectivity index (χ1) is 19.9. The molecule has 1 fully saturated rings. The molecule has 1 aromatic heterocycles. The highest BCUT2D eigenvalue weighted by Crippen LogP contribution is 2.48. The maximum atomic E-state index is 15.0. The number of ether oxygens (including phenoxy) is 1. The largest absolute Gasteiger partial charge is 0.492 e. The minimum atomic E-state index is -2.94. The van der Waals surface area contributed by atoms with E-state index in [4.69, 9.17) is 4.74 Å². The second-order valence-corrected chi connectivity index (χ2v) is 11.6. The molecule has 1 unspecified atom stereocenters. The number of aryl methyl sites for hydroxylation is 1.